The Balaban J connectivity index is 1.60. The van der Waals surface area contributed by atoms with Crippen LogP contribution in [0.1, 0.15) is 42.8 Å². The van der Waals surface area contributed by atoms with E-state index in [1.54, 1.807) is 0 Å². The molecule has 1 heterocycles. The van der Waals surface area contributed by atoms with Gasteiger partial charge in [0.25, 0.3) is 0 Å². The van der Waals surface area contributed by atoms with E-state index in [0.717, 1.165) is 23.1 Å². The molecule has 6 heteroatoms. The fourth-order valence-electron chi connectivity index (χ4n) is 3.05. The molecule has 2 aromatic carbocycles. The van der Waals surface area contributed by atoms with E-state index >= 15 is 0 Å². The molecule has 1 amide bonds. The summed E-state index contributed by atoms with van der Waals surface area (Å²) in [5.41, 5.74) is 4.43. The number of hydrogen-bond donors (Lipinski definition) is 1. The SMILES string of the molecule is Cc1ccc(NC(=O)CCN(c2nc(Cc3ccccc3)ns2)C(C)C)cc1C. The molecule has 1 N–H and O–H groups in total. The number of aryl methyl sites for hydroxylation is 2. The van der Waals surface area contributed by atoms with Gasteiger partial charge < -0.3 is 10.2 Å². The van der Waals surface area contributed by atoms with Crippen LogP contribution in [0, 0.1) is 13.8 Å². The largest absolute Gasteiger partial charge is 0.344 e. The molecule has 29 heavy (non-hydrogen) atoms. The van der Waals surface area contributed by atoms with Crippen LogP contribution >= 0.6 is 11.5 Å². The molecule has 0 atom stereocenters. The molecule has 0 aliphatic carbocycles. The van der Waals surface area contributed by atoms with Gasteiger partial charge in [-0.05, 0) is 56.5 Å². The molecule has 0 bridgehead atoms. The quantitative estimate of drug-likeness (QED) is 0.570. The zero-order valence-electron chi connectivity index (χ0n) is 17.5. The Hall–Kier alpha value is -2.73. The minimum absolute atomic E-state index is 0.00734. The van der Waals surface area contributed by atoms with Gasteiger partial charge in [-0.2, -0.15) is 4.37 Å². The van der Waals surface area contributed by atoms with Crippen molar-refractivity contribution in [3.05, 3.63) is 71.0 Å². The van der Waals surface area contributed by atoms with Crippen molar-refractivity contribution in [2.75, 3.05) is 16.8 Å². The number of aromatic nitrogens is 2. The maximum absolute atomic E-state index is 12.4. The van der Waals surface area contributed by atoms with Crippen molar-refractivity contribution in [2.45, 2.75) is 46.6 Å². The van der Waals surface area contributed by atoms with Crippen LogP contribution in [-0.4, -0.2) is 27.9 Å². The van der Waals surface area contributed by atoms with E-state index in [-0.39, 0.29) is 11.9 Å². The number of nitrogens with one attached hydrogen (secondary N) is 1. The van der Waals surface area contributed by atoms with Crippen molar-refractivity contribution >= 4 is 28.3 Å². The van der Waals surface area contributed by atoms with Crippen LogP contribution in [0.15, 0.2) is 48.5 Å². The third-order valence-electron chi connectivity index (χ3n) is 4.90. The second-order valence-corrected chi connectivity index (χ2v) is 8.27. The van der Waals surface area contributed by atoms with Crippen molar-refractivity contribution in [2.24, 2.45) is 0 Å². The molecule has 0 unspecified atom stereocenters. The number of hydrogen-bond acceptors (Lipinski definition) is 5. The summed E-state index contributed by atoms with van der Waals surface area (Å²) >= 11 is 1.40. The zero-order valence-corrected chi connectivity index (χ0v) is 18.3. The monoisotopic (exact) mass is 408 g/mol. The van der Waals surface area contributed by atoms with Crippen molar-refractivity contribution in [1.82, 2.24) is 9.36 Å². The summed E-state index contributed by atoms with van der Waals surface area (Å²) in [6.45, 7) is 8.94. The van der Waals surface area contributed by atoms with E-state index in [2.05, 4.69) is 47.5 Å². The maximum Gasteiger partial charge on any atom is 0.226 e. The lowest BCUT2D eigenvalue weighted by molar-refractivity contribution is -0.116. The summed E-state index contributed by atoms with van der Waals surface area (Å²) in [7, 11) is 0. The summed E-state index contributed by atoms with van der Waals surface area (Å²) < 4.78 is 4.52. The lowest BCUT2D eigenvalue weighted by atomic mass is 10.1. The van der Waals surface area contributed by atoms with Crippen LogP contribution in [0.4, 0.5) is 10.8 Å². The lowest BCUT2D eigenvalue weighted by Gasteiger charge is -2.25. The average molecular weight is 409 g/mol. The van der Waals surface area contributed by atoms with E-state index < -0.39 is 0 Å². The molecule has 0 fully saturated rings. The molecule has 0 aliphatic heterocycles. The predicted octanol–water partition coefficient (Wildman–Crippen LogP) is 4.99. The van der Waals surface area contributed by atoms with Gasteiger partial charge in [-0.3, -0.25) is 4.79 Å². The fourth-order valence-corrected chi connectivity index (χ4v) is 3.90. The summed E-state index contributed by atoms with van der Waals surface area (Å²) in [5.74, 6) is 0.828. The first-order chi connectivity index (χ1) is 13.9. The maximum atomic E-state index is 12.4. The Bertz CT molecular complexity index is 953. The van der Waals surface area contributed by atoms with Crippen molar-refractivity contribution in [3.63, 3.8) is 0 Å². The second-order valence-electron chi connectivity index (χ2n) is 7.54. The highest BCUT2D eigenvalue weighted by molar-refractivity contribution is 7.09. The molecular formula is C23H28N4OS. The first-order valence-corrected chi connectivity index (χ1v) is 10.7. The topological polar surface area (TPSA) is 58.1 Å². The Morgan fingerprint density at radius 1 is 1.10 bits per heavy atom. The van der Waals surface area contributed by atoms with E-state index in [0.29, 0.717) is 13.0 Å². The highest BCUT2D eigenvalue weighted by Crippen LogP contribution is 2.22. The molecule has 152 valence electrons. The number of rotatable bonds is 8. The molecule has 0 saturated heterocycles. The number of carbonyl (C=O) groups excluding carboxylic acids is 1. The van der Waals surface area contributed by atoms with Gasteiger partial charge in [0.1, 0.15) is 5.82 Å². The van der Waals surface area contributed by atoms with Crippen LogP contribution in [-0.2, 0) is 11.2 Å². The van der Waals surface area contributed by atoms with E-state index in [1.165, 1.54) is 28.2 Å². The lowest BCUT2D eigenvalue weighted by Crippen LogP contribution is -2.33. The number of benzene rings is 2. The van der Waals surface area contributed by atoms with Crippen LogP contribution in [0.5, 0.6) is 0 Å². The molecule has 1 aromatic heterocycles. The number of carbonyl (C=O) groups is 1. The summed E-state index contributed by atoms with van der Waals surface area (Å²) in [6, 6.07) is 16.4. The van der Waals surface area contributed by atoms with Crippen LogP contribution in [0.25, 0.3) is 0 Å². The number of nitrogens with zero attached hydrogens (tertiary/aromatic N) is 3. The Kier molecular flexibility index (Phi) is 6.99. The predicted molar refractivity (Wildman–Crippen MR) is 121 cm³/mol. The van der Waals surface area contributed by atoms with Gasteiger partial charge in [0.15, 0.2) is 0 Å². The first kappa shape index (κ1) is 21.0. The zero-order chi connectivity index (χ0) is 20.8. The fraction of sp³-hybridized carbons (Fsp3) is 0.348. The summed E-state index contributed by atoms with van der Waals surface area (Å²) in [6.07, 6.45) is 1.12. The van der Waals surface area contributed by atoms with Crippen molar-refractivity contribution in [3.8, 4) is 0 Å². The third kappa shape index (κ3) is 5.87. The Morgan fingerprint density at radius 2 is 1.86 bits per heavy atom. The number of anilines is 2. The Labute approximate surface area is 177 Å². The van der Waals surface area contributed by atoms with Gasteiger partial charge in [0, 0.05) is 42.6 Å². The minimum atomic E-state index is 0.00734. The van der Waals surface area contributed by atoms with Gasteiger partial charge >= 0.3 is 0 Å². The summed E-state index contributed by atoms with van der Waals surface area (Å²) in [5, 5.41) is 3.86. The third-order valence-corrected chi connectivity index (χ3v) is 5.69. The molecule has 3 aromatic rings. The van der Waals surface area contributed by atoms with Crippen LogP contribution < -0.4 is 10.2 Å². The molecule has 3 rings (SSSR count). The first-order valence-electron chi connectivity index (χ1n) is 9.92. The van der Waals surface area contributed by atoms with Gasteiger partial charge in [-0.25, -0.2) is 4.98 Å². The van der Waals surface area contributed by atoms with Crippen LogP contribution in [0.3, 0.4) is 0 Å². The van der Waals surface area contributed by atoms with Gasteiger partial charge in [-0.1, -0.05) is 36.4 Å². The Morgan fingerprint density at radius 3 is 2.55 bits per heavy atom. The van der Waals surface area contributed by atoms with E-state index in [9.17, 15) is 4.79 Å². The van der Waals surface area contributed by atoms with Crippen LogP contribution in [0.2, 0.25) is 0 Å². The molecule has 0 aliphatic rings. The van der Waals surface area contributed by atoms with Gasteiger partial charge in [0.05, 0.1) is 0 Å². The minimum Gasteiger partial charge on any atom is -0.344 e. The van der Waals surface area contributed by atoms with Gasteiger partial charge in [0.2, 0.25) is 11.0 Å². The normalized spacial score (nSPS) is 10.9. The van der Waals surface area contributed by atoms with E-state index in [4.69, 9.17) is 4.98 Å². The smallest absolute Gasteiger partial charge is 0.226 e. The summed E-state index contributed by atoms with van der Waals surface area (Å²) in [4.78, 5) is 19.3. The standard InChI is InChI=1S/C23H28N4OS/c1-16(2)27(13-12-22(28)24-20-11-10-17(3)18(4)14-20)23-25-21(26-29-23)15-19-8-6-5-7-9-19/h5-11,14,16H,12-13,15H2,1-4H3,(H,24,28). The van der Waals surface area contributed by atoms with Crippen molar-refractivity contribution < 1.29 is 4.79 Å². The molecular weight excluding hydrogens is 380 g/mol. The second kappa shape index (κ2) is 9.65. The highest BCUT2D eigenvalue weighted by Gasteiger charge is 2.17. The average Bonchev–Trinajstić information content (AvgIpc) is 3.13. The highest BCUT2D eigenvalue weighted by atomic mass is 32.1. The van der Waals surface area contributed by atoms with Gasteiger partial charge in [-0.15, -0.1) is 0 Å². The molecule has 0 radical (unpaired) electrons. The van der Waals surface area contributed by atoms with E-state index in [1.807, 2.05) is 43.3 Å². The number of amides is 1. The molecule has 5 nitrogen and oxygen atoms in total. The van der Waals surface area contributed by atoms with Crippen molar-refractivity contribution in [1.29, 1.82) is 0 Å². The molecule has 0 spiro atoms. The molecule has 0 saturated carbocycles.